The molecule has 3 aliphatic rings. The second-order valence-corrected chi connectivity index (χ2v) is 11.3. The standard InChI is InChI=1S/C32H45N3O4/c1-37-29-14-13-28(23-31(29)39-21-6-10-25-8-5-9-25)35-19-7-18-34(32(35)36)24-27-12-11-26(22-30(27)38-2)15-20-33-16-3-4-17-33/h11-14,22-23,25H,3-10,15-21,24H2,1-2H3. The number of likely N-dealkylation sites (tertiary alicyclic amines) is 1. The summed E-state index contributed by atoms with van der Waals surface area (Å²) in [5.74, 6) is 3.16. The molecule has 5 rings (SSSR count). The summed E-state index contributed by atoms with van der Waals surface area (Å²) in [5, 5.41) is 0. The minimum atomic E-state index is 0.0162. The molecule has 0 radical (unpaired) electrons. The molecule has 212 valence electrons. The molecule has 0 aromatic heterocycles. The van der Waals surface area contributed by atoms with Crippen molar-refractivity contribution in [2.75, 3.05) is 58.5 Å². The number of carbonyl (C=O) groups is 1. The number of carbonyl (C=O) groups excluding carboxylic acids is 1. The molecule has 0 N–H and O–H groups in total. The molecule has 0 atom stereocenters. The first kappa shape index (κ1) is 27.6. The lowest BCUT2D eigenvalue weighted by Gasteiger charge is -2.36. The highest BCUT2D eigenvalue weighted by Crippen LogP contribution is 2.35. The molecule has 0 unspecified atom stereocenters. The van der Waals surface area contributed by atoms with Crippen LogP contribution in [0.5, 0.6) is 17.2 Å². The van der Waals surface area contributed by atoms with Crippen molar-refractivity contribution in [2.45, 2.75) is 64.3 Å². The van der Waals surface area contributed by atoms with E-state index in [1.54, 1.807) is 14.2 Å². The fraction of sp³-hybridized carbons (Fsp3) is 0.594. The van der Waals surface area contributed by atoms with Gasteiger partial charge in [-0.15, -0.1) is 0 Å². The average Bonchev–Trinajstić information content (AvgIpc) is 3.46. The van der Waals surface area contributed by atoms with E-state index in [2.05, 4.69) is 23.1 Å². The van der Waals surface area contributed by atoms with E-state index in [0.717, 1.165) is 55.3 Å². The van der Waals surface area contributed by atoms with Crippen molar-refractivity contribution in [2.24, 2.45) is 5.92 Å². The van der Waals surface area contributed by atoms with Crippen LogP contribution in [0.2, 0.25) is 0 Å². The van der Waals surface area contributed by atoms with Gasteiger partial charge in [-0.2, -0.15) is 0 Å². The van der Waals surface area contributed by atoms with Crippen LogP contribution in [0, 0.1) is 5.92 Å². The van der Waals surface area contributed by atoms with Gasteiger partial charge in [-0.3, -0.25) is 4.90 Å². The quantitative estimate of drug-likeness (QED) is 0.289. The molecule has 2 amide bonds. The van der Waals surface area contributed by atoms with Gasteiger partial charge in [-0.05, 0) is 81.3 Å². The Labute approximate surface area is 234 Å². The van der Waals surface area contributed by atoms with Gasteiger partial charge in [0, 0.05) is 37.0 Å². The van der Waals surface area contributed by atoms with E-state index in [-0.39, 0.29) is 6.03 Å². The summed E-state index contributed by atoms with van der Waals surface area (Å²) >= 11 is 0. The molecule has 2 aromatic carbocycles. The average molecular weight is 536 g/mol. The van der Waals surface area contributed by atoms with Gasteiger partial charge in [-0.25, -0.2) is 4.79 Å². The van der Waals surface area contributed by atoms with Crippen molar-refractivity contribution >= 4 is 11.7 Å². The predicted octanol–water partition coefficient (Wildman–Crippen LogP) is 6.13. The summed E-state index contributed by atoms with van der Waals surface area (Å²) in [6.45, 7) is 6.15. The van der Waals surface area contributed by atoms with E-state index in [1.165, 1.54) is 57.2 Å². The Morgan fingerprint density at radius 1 is 0.846 bits per heavy atom. The maximum atomic E-state index is 13.6. The third-order valence-electron chi connectivity index (χ3n) is 8.64. The number of ether oxygens (including phenoxy) is 3. The number of anilines is 1. The van der Waals surface area contributed by atoms with E-state index in [4.69, 9.17) is 14.2 Å². The van der Waals surface area contributed by atoms with Crippen LogP contribution in [-0.2, 0) is 13.0 Å². The molecule has 2 aliphatic heterocycles. The Hall–Kier alpha value is -2.93. The van der Waals surface area contributed by atoms with Gasteiger partial charge in [0.1, 0.15) is 5.75 Å². The monoisotopic (exact) mass is 535 g/mol. The van der Waals surface area contributed by atoms with Crippen molar-refractivity contribution in [3.05, 3.63) is 47.5 Å². The molecular formula is C32H45N3O4. The van der Waals surface area contributed by atoms with Crippen LogP contribution < -0.4 is 19.1 Å². The molecule has 3 fully saturated rings. The van der Waals surface area contributed by atoms with E-state index >= 15 is 0 Å². The van der Waals surface area contributed by atoms with E-state index in [1.807, 2.05) is 28.0 Å². The van der Waals surface area contributed by atoms with E-state index in [9.17, 15) is 4.79 Å². The molecule has 39 heavy (non-hydrogen) atoms. The second kappa shape index (κ2) is 13.4. The van der Waals surface area contributed by atoms with E-state index < -0.39 is 0 Å². The molecule has 0 bridgehead atoms. The topological polar surface area (TPSA) is 54.5 Å². The largest absolute Gasteiger partial charge is 0.496 e. The summed E-state index contributed by atoms with van der Waals surface area (Å²) in [6, 6.07) is 12.3. The Bertz CT molecular complexity index is 1100. The second-order valence-electron chi connectivity index (χ2n) is 11.3. The van der Waals surface area contributed by atoms with Crippen LogP contribution in [0.3, 0.4) is 0 Å². The normalized spacial score (nSPS) is 18.4. The third kappa shape index (κ3) is 6.99. The lowest BCUT2D eigenvalue weighted by molar-refractivity contribution is 0.191. The number of rotatable bonds is 13. The number of nitrogens with zero attached hydrogens (tertiary/aromatic N) is 3. The van der Waals surface area contributed by atoms with Crippen LogP contribution >= 0.6 is 0 Å². The zero-order valence-corrected chi connectivity index (χ0v) is 23.8. The fourth-order valence-electron chi connectivity index (χ4n) is 6.02. The number of hydrogen-bond donors (Lipinski definition) is 0. The van der Waals surface area contributed by atoms with Crippen molar-refractivity contribution in [1.29, 1.82) is 0 Å². The minimum absolute atomic E-state index is 0.0162. The zero-order valence-electron chi connectivity index (χ0n) is 23.8. The van der Waals surface area contributed by atoms with Crippen LogP contribution in [0.1, 0.15) is 62.5 Å². The Morgan fingerprint density at radius 3 is 2.41 bits per heavy atom. The van der Waals surface area contributed by atoms with Crippen LogP contribution in [0.15, 0.2) is 36.4 Å². The van der Waals surface area contributed by atoms with Gasteiger partial charge in [0.05, 0.1) is 27.4 Å². The van der Waals surface area contributed by atoms with Crippen LogP contribution in [0.4, 0.5) is 10.5 Å². The molecule has 2 heterocycles. The summed E-state index contributed by atoms with van der Waals surface area (Å²) in [7, 11) is 3.38. The molecule has 7 heteroatoms. The SMILES string of the molecule is COc1cc(CCN2CCCC2)ccc1CN1CCCN(c2ccc(OC)c(OCCCC3CCC3)c2)C1=O. The first-order valence-electron chi connectivity index (χ1n) is 14.9. The Balaban J connectivity index is 1.21. The fourth-order valence-corrected chi connectivity index (χ4v) is 6.02. The minimum Gasteiger partial charge on any atom is -0.496 e. The van der Waals surface area contributed by atoms with Crippen molar-refractivity contribution in [3.8, 4) is 17.2 Å². The molecule has 2 aromatic rings. The van der Waals surface area contributed by atoms with Gasteiger partial charge in [0.15, 0.2) is 11.5 Å². The van der Waals surface area contributed by atoms with E-state index in [0.29, 0.717) is 31.2 Å². The molecule has 2 saturated heterocycles. The van der Waals surface area contributed by atoms with Gasteiger partial charge >= 0.3 is 6.03 Å². The van der Waals surface area contributed by atoms with Crippen molar-refractivity contribution < 1.29 is 19.0 Å². The van der Waals surface area contributed by atoms with Gasteiger partial charge in [0.25, 0.3) is 0 Å². The molecule has 1 saturated carbocycles. The summed E-state index contributed by atoms with van der Waals surface area (Å²) in [5.41, 5.74) is 3.18. The zero-order chi connectivity index (χ0) is 27.0. The maximum Gasteiger partial charge on any atom is 0.324 e. The Morgan fingerprint density at radius 2 is 1.67 bits per heavy atom. The third-order valence-corrected chi connectivity index (χ3v) is 8.64. The highest BCUT2D eigenvalue weighted by molar-refractivity contribution is 5.93. The highest BCUT2D eigenvalue weighted by Gasteiger charge is 2.28. The maximum absolute atomic E-state index is 13.6. The first-order valence-corrected chi connectivity index (χ1v) is 14.9. The van der Waals surface area contributed by atoms with Gasteiger partial charge in [0.2, 0.25) is 0 Å². The van der Waals surface area contributed by atoms with Gasteiger partial charge in [-0.1, -0.05) is 31.4 Å². The van der Waals surface area contributed by atoms with Crippen molar-refractivity contribution in [3.63, 3.8) is 0 Å². The molecule has 0 spiro atoms. The number of hydrogen-bond acceptors (Lipinski definition) is 5. The Kier molecular flexibility index (Phi) is 9.51. The molecule has 7 nitrogen and oxygen atoms in total. The highest BCUT2D eigenvalue weighted by atomic mass is 16.5. The predicted molar refractivity (Wildman–Crippen MR) is 155 cm³/mol. The summed E-state index contributed by atoms with van der Waals surface area (Å²) < 4.78 is 17.4. The number of amides is 2. The summed E-state index contributed by atoms with van der Waals surface area (Å²) in [6.07, 6.45) is 10.9. The van der Waals surface area contributed by atoms with Crippen LogP contribution in [-0.4, -0.2) is 69.4 Å². The number of benzene rings is 2. The van der Waals surface area contributed by atoms with Gasteiger partial charge < -0.3 is 24.0 Å². The lowest BCUT2D eigenvalue weighted by atomic mass is 9.82. The number of methoxy groups -OCH3 is 2. The molecule has 1 aliphatic carbocycles. The molecular weight excluding hydrogens is 490 g/mol. The van der Waals surface area contributed by atoms with Crippen molar-refractivity contribution in [1.82, 2.24) is 9.80 Å². The summed E-state index contributed by atoms with van der Waals surface area (Å²) in [4.78, 5) is 19.9. The lowest BCUT2D eigenvalue weighted by Crippen LogP contribution is -2.49. The smallest absolute Gasteiger partial charge is 0.324 e. The number of urea groups is 1. The first-order chi connectivity index (χ1) is 19.1. The van der Waals surface area contributed by atoms with Crippen LogP contribution in [0.25, 0.3) is 0 Å².